The molecule has 0 aliphatic carbocycles. The van der Waals surface area contributed by atoms with Crippen LogP contribution >= 0.6 is 0 Å². The van der Waals surface area contributed by atoms with Crippen molar-refractivity contribution in [2.45, 2.75) is 6.92 Å². The number of hydrogen-bond acceptors (Lipinski definition) is 3. The minimum Gasteiger partial charge on any atom is -0.494 e. The molecule has 0 aliphatic rings. The van der Waals surface area contributed by atoms with E-state index in [-0.39, 0.29) is 0 Å². The Balaban J connectivity index is 2.72. The lowest BCUT2D eigenvalue weighted by atomic mass is 10.2. The molecule has 4 nitrogen and oxygen atoms in total. The third-order valence-electron chi connectivity index (χ3n) is 1.62. The van der Waals surface area contributed by atoms with Gasteiger partial charge >= 0.3 is 0 Å². The fourth-order valence-corrected chi connectivity index (χ4v) is 1.01. The summed E-state index contributed by atoms with van der Waals surface area (Å²) in [5, 5.41) is 2.05. The summed E-state index contributed by atoms with van der Waals surface area (Å²) in [6.45, 7) is 2.47. The highest BCUT2D eigenvalue weighted by Gasteiger charge is 2.03. The smallest absolute Gasteiger partial charge is 0.257 e. The standard InChI is InChI=1S/C10H11NO3/c1-2-14-9-5-3-8(4-6-9)10(13)11-7-12/h3-7H,2H2,1H3,(H,11,12,13). The Morgan fingerprint density at radius 2 is 2.07 bits per heavy atom. The first-order chi connectivity index (χ1) is 6.77. The minimum atomic E-state index is -0.414. The molecular weight excluding hydrogens is 182 g/mol. The Kier molecular flexibility index (Phi) is 3.67. The normalized spacial score (nSPS) is 9.21. The molecule has 1 rings (SSSR count). The molecule has 0 bridgehead atoms. The van der Waals surface area contributed by atoms with Crippen LogP contribution in [0.25, 0.3) is 0 Å². The zero-order valence-electron chi connectivity index (χ0n) is 7.82. The van der Waals surface area contributed by atoms with Crippen molar-refractivity contribution in [3.05, 3.63) is 29.8 Å². The molecule has 0 heterocycles. The monoisotopic (exact) mass is 193 g/mol. The summed E-state index contributed by atoms with van der Waals surface area (Å²) >= 11 is 0. The predicted octanol–water partition coefficient (Wildman–Crippen LogP) is 0.971. The highest BCUT2D eigenvalue weighted by Crippen LogP contribution is 2.11. The van der Waals surface area contributed by atoms with Gasteiger partial charge in [0.05, 0.1) is 6.61 Å². The SMILES string of the molecule is CCOc1ccc(C(=O)NC=O)cc1. The summed E-state index contributed by atoms with van der Waals surface area (Å²) in [6.07, 6.45) is 0.360. The maximum absolute atomic E-state index is 11.1. The lowest BCUT2D eigenvalue weighted by Crippen LogP contribution is -2.20. The summed E-state index contributed by atoms with van der Waals surface area (Å²) in [4.78, 5) is 21.1. The number of carbonyl (C=O) groups excluding carboxylic acids is 2. The highest BCUT2D eigenvalue weighted by atomic mass is 16.5. The lowest BCUT2D eigenvalue weighted by Gasteiger charge is -2.03. The summed E-state index contributed by atoms with van der Waals surface area (Å²) < 4.78 is 5.20. The summed E-state index contributed by atoms with van der Waals surface area (Å²) in [5.41, 5.74) is 0.431. The molecule has 0 atom stereocenters. The van der Waals surface area contributed by atoms with Crippen molar-refractivity contribution < 1.29 is 14.3 Å². The lowest BCUT2D eigenvalue weighted by molar-refractivity contribution is -0.108. The Hall–Kier alpha value is -1.84. The van der Waals surface area contributed by atoms with Crippen LogP contribution in [0.15, 0.2) is 24.3 Å². The fraction of sp³-hybridized carbons (Fsp3) is 0.200. The van der Waals surface area contributed by atoms with Gasteiger partial charge in [-0.1, -0.05) is 0 Å². The second-order valence-corrected chi connectivity index (χ2v) is 2.55. The van der Waals surface area contributed by atoms with E-state index in [4.69, 9.17) is 4.74 Å². The Labute approximate surface area is 81.9 Å². The van der Waals surface area contributed by atoms with E-state index in [1.54, 1.807) is 24.3 Å². The largest absolute Gasteiger partial charge is 0.494 e. The first kappa shape index (κ1) is 10.2. The second-order valence-electron chi connectivity index (χ2n) is 2.55. The maximum Gasteiger partial charge on any atom is 0.257 e. The van der Waals surface area contributed by atoms with E-state index in [1.165, 1.54) is 0 Å². The molecule has 0 spiro atoms. The van der Waals surface area contributed by atoms with Gasteiger partial charge in [0.15, 0.2) is 0 Å². The molecule has 0 saturated heterocycles. The van der Waals surface area contributed by atoms with E-state index in [1.807, 2.05) is 6.92 Å². The van der Waals surface area contributed by atoms with E-state index in [0.29, 0.717) is 24.3 Å². The van der Waals surface area contributed by atoms with Crippen LogP contribution in [0.2, 0.25) is 0 Å². The first-order valence-electron chi connectivity index (χ1n) is 4.25. The van der Waals surface area contributed by atoms with E-state index >= 15 is 0 Å². The Bertz CT molecular complexity index is 319. The third-order valence-corrected chi connectivity index (χ3v) is 1.62. The number of ether oxygens (including phenoxy) is 1. The number of benzene rings is 1. The van der Waals surface area contributed by atoms with Crippen LogP contribution in [0.3, 0.4) is 0 Å². The molecule has 0 radical (unpaired) electrons. The molecule has 0 aliphatic heterocycles. The van der Waals surface area contributed by atoms with Crippen molar-refractivity contribution in [3.63, 3.8) is 0 Å². The van der Waals surface area contributed by atoms with Crippen molar-refractivity contribution >= 4 is 12.3 Å². The summed E-state index contributed by atoms with van der Waals surface area (Å²) in [5.74, 6) is 0.290. The quantitative estimate of drug-likeness (QED) is 0.725. The van der Waals surface area contributed by atoms with Crippen LogP contribution in [-0.2, 0) is 4.79 Å². The van der Waals surface area contributed by atoms with Crippen LogP contribution in [0.4, 0.5) is 0 Å². The van der Waals surface area contributed by atoms with Crippen LogP contribution in [0, 0.1) is 0 Å². The van der Waals surface area contributed by atoms with Crippen LogP contribution < -0.4 is 10.1 Å². The molecule has 74 valence electrons. The molecule has 0 fully saturated rings. The average molecular weight is 193 g/mol. The third kappa shape index (κ3) is 2.58. The summed E-state index contributed by atoms with van der Waals surface area (Å²) in [7, 11) is 0. The number of imide groups is 1. The van der Waals surface area contributed by atoms with Crippen LogP contribution in [0.1, 0.15) is 17.3 Å². The van der Waals surface area contributed by atoms with Gasteiger partial charge in [-0.2, -0.15) is 0 Å². The predicted molar refractivity (Wildman–Crippen MR) is 51.1 cm³/mol. The molecule has 1 aromatic rings. The second kappa shape index (κ2) is 5.01. The topological polar surface area (TPSA) is 55.4 Å². The highest BCUT2D eigenvalue weighted by molar-refractivity contribution is 5.99. The van der Waals surface area contributed by atoms with Gasteiger partial charge in [-0.15, -0.1) is 0 Å². The maximum atomic E-state index is 11.1. The van der Waals surface area contributed by atoms with Crippen molar-refractivity contribution in [1.29, 1.82) is 0 Å². The average Bonchev–Trinajstić information content (AvgIpc) is 2.20. The molecule has 0 aromatic heterocycles. The van der Waals surface area contributed by atoms with E-state index < -0.39 is 5.91 Å². The van der Waals surface area contributed by atoms with Crippen molar-refractivity contribution in [3.8, 4) is 5.75 Å². The molecule has 1 N–H and O–H groups in total. The molecular formula is C10H11NO3. The van der Waals surface area contributed by atoms with Gasteiger partial charge in [-0.05, 0) is 31.2 Å². The zero-order valence-corrected chi connectivity index (χ0v) is 7.82. The van der Waals surface area contributed by atoms with Crippen LogP contribution in [-0.4, -0.2) is 18.9 Å². The fourth-order valence-electron chi connectivity index (χ4n) is 1.01. The van der Waals surface area contributed by atoms with Gasteiger partial charge in [0, 0.05) is 5.56 Å². The van der Waals surface area contributed by atoms with Crippen molar-refractivity contribution in [2.24, 2.45) is 0 Å². The number of carbonyl (C=O) groups is 2. The molecule has 0 unspecified atom stereocenters. The number of amides is 2. The van der Waals surface area contributed by atoms with Gasteiger partial charge in [-0.3, -0.25) is 14.9 Å². The van der Waals surface area contributed by atoms with E-state index in [9.17, 15) is 9.59 Å². The minimum absolute atomic E-state index is 0.360. The van der Waals surface area contributed by atoms with Crippen molar-refractivity contribution in [1.82, 2.24) is 5.32 Å². The molecule has 1 aromatic carbocycles. The molecule has 14 heavy (non-hydrogen) atoms. The van der Waals surface area contributed by atoms with Gasteiger partial charge < -0.3 is 4.74 Å². The molecule has 2 amide bonds. The Morgan fingerprint density at radius 3 is 2.57 bits per heavy atom. The first-order valence-corrected chi connectivity index (χ1v) is 4.25. The number of nitrogens with one attached hydrogen (secondary N) is 1. The zero-order chi connectivity index (χ0) is 10.4. The van der Waals surface area contributed by atoms with E-state index in [0.717, 1.165) is 0 Å². The summed E-state index contributed by atoms with van der Waals surface area (Å²) in [6, 6.07) is 6.57. The number of hydrogen-bond donors (Lipinski definition) is 1. The number of rotatable bonds is 4. The van der Waals surface area contributed by atoms with E-state index in [2.05, 4.69) is 5.32 Å². The van der Waals surface area contributed by atoms with Gasteiger partial charge in [-0.25, -0.2) is 0 Å². The van der Waals surface area contributed by atoms with Crippen molar-refractivity contribution in [2.75, 3.05) is 6.61 Å². The molecule has 0 saturated carbocycles. The van der Waals surface area contributed by atoms with Gasteiger partial charge in [0.1, 0.15) is 5.75 Å². The molecule has 4 heteroatoms. The Morgan fingerprint density at radius 1 is 1.43 bits per heavy atom. The van der Waals surface area contributed by atoms with Gasteiger partial charge in [0.2, 0.25) is 6.41 Å². The van der Waals surface area contributed by atoms with Gasteiger partial charge in [0.25, 0.3) is 5.91 Å². The van der Waals surface area contributed by atoms with Crippen LogP contribution in [0.5, 0.6) is 5.75 Å².